The van der Waals surface area contributed by atoms with Crippen molar-refractivity contribution in [1.82, 2.24) is 20.2 Å². The number of fused-ring (bicyclic) bond motifs is 1. The van der Waals surface area contributed by atoms with Gasteiger partial charge in [-0.2, -0.15) is 31.4 Å². The molecular formula is C10H9F6N5O4. The van der Waals surface area contributed by atoms with Gasteiger partial charge in [-0.1, -0.05) is 0 Å². The number of aromatic nitrogens is 4. The molecule has 0 aliphatic heterocycles. The molecule has 15 heteroatoms. The first-order chi connectivity index (χ1) is 11.2. The molecule has 0 radical (unpaired) electrons. The number of aryl methyl sites for hydroxylation is 1. The lowest BCUT2D eigenvalue weighted by Crippen LogP contribution is -2.21. The van der Waals surface area contributed by atoms with Crippen molar-refractivity contribution in [3.8, 4) is 0 Å². The standard InChI is InChI=1S/C6H7N5.2C2HF3O2/c1-3-4-5(7)8-2-9-6(4)11-10-3;2*3-2(4,5)1(6)7/h2H,1H3,(H3,7,8,9,10,11);2*(H,6,7). The highest BCUT2D eigenvalue weighted by molar-refractivity contribution is 5.87. The Morgan fingerprint density at radius 2 is 1.44 bits per heavy atom. The van der Waals surface area contributed by atoms with Crippen LogP contribution in [-0.2, 0) is 9.59 Å². The number of carboxylic acid groups (broad SMARTS) is 2. The summed E-state index contributed by atoms with van der Waals surface area (Å²) in [5.41, 5.74) is 7.11. The number of rotatable bonds is 0. The van der Waals surface area contributed by atoms with E-state index >= 15 is 0 Å². The monoisotopic (exact) mass is 377 g/mol. The molecule has 0 spiro atoms. The predicted molar refractivity (Wildman–Crippen MR) is 68.2 cm³/mol. The van der Waals surface area contributed by atoms with E-state index in [-0.39, 0.29) is 0 Å². The van der Waals surface area contributed by atoms with Gasteiger partial charge in [0.25, 0.3) is 0 Å². The van der Waals surface area contributed by atoms with Crippen molar-refractivity contribution in [3.63, 3.8) is 0 Å². The number of halogens is 6. The van der Waals surface area contributed by atoms with Gasteiger partial charge in [-0.15, -0.1) is 0 Å². The number of nitrogens with zero attached hydrogens (tertiary/aromatic N) is 3. The summed E-state index contributed by atoms with van der Waals surface area (Å²) in [5.74, 6) is -5.04. The molecule has 0 saturated heterocycles. The van der Waals surface area contributed by atoms with Gasteiger partial charge >= 0.3 is 24.3 Å². The van der Waals surface area contributed by atoms with E-state index in [1.54, 1.807) is 0 Å². The maximum Gasteiger partial charge on any atom is 0.490 e. The number of nitrogens with two attached hydrogens (primary N) is 1. The second-order valence-corrected chi connectivity index (χ2v) is 3.91. The molecule has 25 heavy (non-hydrogen) atoms. The maximum absolute atomic E-state index is 10.6. The summed E-state index contributed by atoms with van der Waals surface area (Å²) in [4.78, 5) is 25.6. The van der Waals surface area contributed by atoms with E-state index in [0.29, 0.717) is 11.5 Å². The lowest BCUT2D eigenvalue weighted by atomic mass is 10.3. The highest BCUT2D eigenvalue weighted by Crippen LogP contribution is 2.16. The van der Waals surface area contributed by atoms with Crippen molar-refractivity contribution < 1.29 is 46.1 Å². The van der Waals surface area contributed by atoms with Crippen LogP contribution in [0.5, 0.6) is 0 Å². The molecule has 9 nitrogen and oxygen atoms in total. The van der Waals surface area contributed by atoms with Crippen molar-refractivity contribution in [2.45, 2.75) is 19.3 Å². The molecule has 0 aromatic carbocycles. The van der Waals surface area contributed by atoms with Crippen LogP contribution in [0.2, 0.25) is 0 Å². The zero-order valence-electron chi connectivity index (χ0n) is 12.0. The topological polar surface area (TPSA) is 155 Å². The van der Waals surface area contributed by atoms with Crippen LogP contribution in [-0.4, -0.2) is 54.7 Å². The van der Waals surface area contributed by atoms with Crippen molar-refractivity contribution in [2.75, 3.05) is 5.73 Å². The third-order valence-electron chi connectivity index (χ3n) is 2.05. The van der Waals surface area contributed by atoms with Gasteiger partial charge in [-0.3, -0.25) is 5.10 Å². The Morgan fingerprint density at radius 3 is 1.76 bits per heavy atom. The molecule has 0 aliphatic rings. The maximum atomic E-state index is 10.6. The minimum Gasteiger partial charge on any atom is -0.475 e. The SMILES string of the molecule is Cc1[nH]nc2ncnc(N)c12.O=C(O)C(F)(F)F.O=C(O)C(F)(F)F. The first kappa shape index (κ1) is 21.9. The summed E-state index contributed by atoms with van der Waals surface area (Å²) in [5, 5.41) is 21.8. The van der Waals surface area contributed by atoms with Crippen molar-refractivity contribution >= 4 is 28.8 Å². The number of carbonyl (C=O) groups is 2. The van der Waals surface area contributed by atoms with E-state index < -0.39 is 24.3 Å². The number of nitrogens with one attached hydrogen (secondary N) is 1. The van der Waals surface area contributed by atoms with Gasteiger partial charge in [-0.25, -0.2) is 19.6 Å². The van der Waals surface area contributed by atoms with Gasteiger partial charge in [0.1, 0.15) is 12.1 Å². The molecule has 0 fully saturated rings. The summed E-state index contributed by atoms with van der Waals surface area (Å²) in [7, 11) is 0. The summed E-state index contributed by atoms with van der Waals surface area (Å²) >= 11 is 0. The summed E-state index contributed by atoms with van der Waals surface area (Å²) in [6.45, 7) is 1.88. The van der Waals surface area contributed by atoms with E-state index in [9.17, 15) is 26.3 Å². The summed E-state index contributed by atoms with van der Waals surface area (Å²) in [6.07, 6.45) is -8.77. The molecule has 0 aliphatic carbocycles. The molecule has 2 aromatic heterocycles. The molecule has 0 unspecified atom stereocenters. The lowest BCUT2D eigenvalue weighted by Gasteiger charge is -1.93. The van der Waals surface area contributed by atoms with Crippen LogP contribution in [0.25, 0.3) is 11.0 Å². The first-order valence-electron chi connectivity index (χ1n) is 5.69. The second kappa shape index (κ2) is 8.11. The number of alkyl halides is 6. The van der Waals surface area contributed by atoms with Crippen LogP contribution >= 0.6 is 0 Å². The van der Waals surface area contributed by atoms with Gasteiger partial charge in [0.15, 0.2) is 5.65 Å². The Bertz CT molecular complexity index is 717. The largest absolute Gasteiger partial charge is 0.490 e. The molecule has 2 aromatic rings. The fourth-order valence-corrected chi connectivity index (χ4v) is 1.03. The Labute approximate surface area is 133 Å². The Balaban J connectivity index is 0.000000366. The highest BCUT2D eigenvalue weighted by atomic mass is 19.4. The van der Waals surface area contributed by atoms with E-state index in [4.69, 9.17) is 25.5 Å². The molecular weight excluding hydrogens is 368 g/mol. The highest BCUT2D eigenvalue weighted by Gasteiger charge is 2.38. The number of aromatic amines is 1. The molecule has 140 valence electrons. The molecule has 2 heterocycles. The summed E-state index contributed by atoms with van der Waals surface area (Å²) in [6, 6.07) is 0. The molecule has 0 bridgehead atoms. The third-order valence-corrected chi connectivity index (χ3v) is 2.05. The zero-order valence-corrected chi connectivity index (χ0v) is 12.0. The number of hydrogen-bond acceptors (Lipinski definition) is 6. The predicted octanol–water partition coefficient (Wildman–Crippen LogP) is 1.51. The molecule has 0 amide bonds. The van der Waals surface area contributed by atoms with E-state index in [1.807, 2.05) is 6.92 Å². The van der Waals surface area contributed by atoms with Crippen molar-refractivity contribution in [1.29, 1.82) is 0 Å². The number of H-pyrrole nitrogens is 1. The van der Waals surface area contributed by atoms with Crippen molar-refractivity contribution in [2.24, 2.45) is 0 Å². The fraction of sp³-hybridized carbons (Fsp3) is 0.300. The van der Waals surface area contributed by atoms with Crippen LogP contribution in [0.15, 0.2) is 6.33 Å². The number of anilines is 1. The van der Waals surface area contributed by atoms with E-state index in [2.05, 4.69) is 20.2 Å². The van der Waals surface area contributed by atoms with Crippen LogP contribution in [0.4, 0.5) is 32.2 Å². The number of nitrogen functional groups attached to an aromatic ring is 1. The summed E-state index contributed by atoms with van der Waals surface area (Å²) < 4.78 is 63.5. The molecule has 5 N–H and O–H groups in total. The molecule has 2 rings (SSSR count). The van der Waals surface area contributed by atoms with Crippen molar-refractivity contribution in [3.05, 3.63) is 12.0 Å². The average Bonchev–Trinajstić information content (AvgIpc) is 2.81. The Morgan fingerprint density at radius 1 is 1.04 bits per heavy atom. The Hall–Kier alpha value is -3.13. The Kier molecular flexibility index (Phi) is 7.10. The second-order valence-electron chi connectivity index (χ2n) is 3.91. The quantitative estimate of drug-likeness (QED) is 0.504. The smallest absolute Gasteiger partial charge is 0.475 e. The first-order valence-corrected chi connectivity index (χ1v) is 5.69. The van der Waals surface area contributed by atoms with Crippen LogP contribution in [0.1, 0.15) is 5.69 Å². The van der Waals surface area contributed by atoms with Gasteiger partial charge in [0.2, 0.25) is 0 Å². The van der Waals surface area contributed by atoms with Crippen LogP contribution in [0.3, 0.4) is 0 Å². The van der Waals surface area contributed by atoms with Gasteiger partial charge in [0.05, 0.1) is 5.39 Å². The van der Waals surface area contributed by atoms with Gasteiger partial charge < -0.3 is 15.9 Å². The normalized spacial score (nSPS) is 11.0. The number of carboxylic acids is 2. The van der Waals surface area contributed by atoms with Crippen LogP contribution < -0.4 is 5.73 Å². The average molecular weight is 377 g/mol. The molecule has 0 atom stereocenters. The minimum absolute atomic E-state index is 0.473. The zero-order chi connectivity index (χ0) is 20.0. The third kappa shape index (κ3) is 7.32. The fourth-order valence-electron chi connectivity index (χ4n) is 1.03. The van der Waals surface area contributed by atoms with Gasteiger partial charge in [0, 0.05) is 5.69 Å². The van der Waals surface area contributed by atoms with E-state index in [0.717, 1.165) is 11.1 Å². The number of hydrogen-bond donors (Lipinski definition) is 4. The van der Waals surface area contributed by atoms with Crippen LogP contribution in [0, 0.1) is 6.92 Å². The minimum atomic E-state index is -5.08. The number of aliphatic carboxylic acids is 2. The van der Waals surface area contributed by atoms with E-state index in [1.165, 1.54) is 6.33 Å². The molecule has 0 saturated carbocycles. The van der Waals surface area contributed by atoms with Gasteiger partial charge in [-0.05, 0) is 6.92 Å². The lowest BCUT2D eigenvalue weighted by molar-refractivity contribution is -0.193.